The van der Waals surface area contributed by atoms with Gasteiger partial charge in [0, 0.05) is 23.4 Å². The monoisotopic (exact) mass is 443 g/mol. The van der Waals surface area contributed by atoms with Crippen LogP contribution in [0.1, 0.15) is 37.0 Å². The molecule has 10 nitrogen and oxygen atoms in total. The number of hydrogen-bond acceptors (Lipinski definition) is 7. The van der Waals surface area contributed by atoms with Gasteiger partial charge in [0.2, 0.25) is 0 Å². The van der Waals surface area contributed by atoms with Gasteiger partial charge in [-0.25, -0.2) is 0 Å². The molecule has 1 unspecified atom stereocenters. The predicted molar refractivity (Wildman–Crippen MR) is 116 cm³/mol. The Morgan fingerprint density at radius 1 is 1.12 bits per heavy atom. The minimum absolute atomic E-state index is 0.185. The number of nitrogens with one attached hydrogen (secondary N) is 2. The summed E-state index contributed by atoms with van der Waals surface area (Å²) in [6, 6.07) is 11.9. The molecule has 2 aromatic rings. The van der Waals surface area contributed by atoms with Crippen molar-refractivity contribution < 1.29 is 28.8 Å². The van der Waals surface area contributed by atoms with Crippen LogP contribution in [-0.2, 0) is 14.3 Å². The summed E-state index contributed by atoms with van der Waals surface area (Å²) in [5.41, 5.74) is 0.357. The number of amides is 2. The van der Waals surface area contributed by atoms with Crippen molar-refractivity contribution in [3.8, 4) is 5.75 Å². The first kappa shape index (κ1) is 24.3. The summed E-state index contributed by atoms with van der Waals surface area (Å²) in [6.07, 6.45) is 0.788. The molecule has 2 aromatic carbocycles. The Balaban J connectivity index is 1.79. The summed E-state index contributed by atoms with van der Waals surface area (Å²) in [5.74, 6) is -1.29. The number of ether oxygens (including phenoxy) is 2. The molecule has 0 spiro atoms. The van der Waals surface area contributed by atoms with E-state index in [0.717, 1.165) is 12.8 Å². The van der Waals surface area contributed by atoms with E-state index in [-0.39, 0.29) is 11.4 Å². The molecule has 2 amide bonds. The van der Waals surface area contributed by atoms with Gasteiger partial charge in [-0.05, 0) is 43.7 Å². The Hall–Kier alpha value is -3.95. The van der Waals surface area contributed by atoms with Gasteiger partial charge in [-0.3, -0.25) is 24.5 Å². The van der Waals surface area contributed by atoms with E-state index in [1.54, 1.807) is 24.3 Å². The lowest BCUT2D eigenvalue weighted by atomic mass is 10.2. The topological polar surface area (TPSA) is 137 Å². The number of nitro groups is 1. The molecule has 0 saturated heterocycles. The molecule has 0 aromatic heterocycles. The third kappa shape index (κ3) is 7.71. The molecule has 1 atom stereocenters. The maximum absolute atomic E-state index is 12.2. The van der Waals surface area contributed by atoms with Crippen molar-refractivity contribution in [1.82, 2.24) is 5.32 Å². The summed E-state index contributed by atoms with van der Waals surface area (Å²) in [7, 11) is 0. The number of benzene rings is 2. The number of nitrogens with zero attached hydrogens (tertiary/aromatic N) is 1. The Labute approximate surface area is 185 Å². The Morgan fingerprint density at radius 3 is 2.50 bits per heavy atom. The largest absolute Gasteiger partial charge is 0.494 e. The number of rotatable bonds is 11. The number of carbonyl (C=O) groups excluding carboxylic acids is 3. The van der Waals surface area contributed by atoms with Gasteiger partial charge in [-0.15, -0.1) is 0 Å². The van der Waals surface area contributed by atoms with Gasteiger partial charge in [0.25, 0.3) is 17.5 Å². The number of carbonyl (C=O) groups is 3. The number of hydrogen-bond donors (Lipinski definition) is 2. The molecule has 0 radical (unpaired) electrons. The van der Waals surface area contributed by atoms with Crippen LogP contribution < -0.4 is 15.4 Å². The quantitative estimate of drug-likeness (QED) is 0.236. The van der Waals surface area contributed by atoms with Crippen LogP contribution in [0.15, 0.2) is 48.5 Å². The van der Waals surface area contributed by atoms with Crippen molar-refractivity contribution in [3.05, 3.63) is 64.2 Å². The fraction of sp³-hybridized carbons (Fsp3) is 0.318. The van der Waals surface area contributed by atoms with E-state index in [0.29, 0.717) is 17.9 Å². The average molecular weight is 443 g/mol. The normalized spacial score (nSPS) is 11.2. The van der Waals surface area contributed by atoms with Crippen LogP contribution in [0.3, 0.4) is 0 Å². The molecule has 10 heteroatoms. The van der Waals surface area contributed by atoms with E-state index in [9.17, 15) is 24.5 Å². The van der Waals surface area contributed by atoms with Gasteiger partial charge in [-0.2, -0.15) is 0 Å². The van der Waals surface area contributed by atoms with Crippen LogP contribution in [0.2, 0.25) is 0 Å². The standard InChI is InChI=1S/C22H25N3O7/c1-3-4-12-31-19-10-8-16(9-11-19)22(28)23-14-20(26)32-15(2)21(27)24-17-6-5-7-18(13-17)25(29)30/h5-11,13,15H,3-4,12,14H2,1-2H3,(H,23,28)(H,24,27). The summed E-state index contributed by atoms with van der Waals surface area (Å²) >= 11 is 0. The number of nitro benzene ring substituents is 1. The smallest absolute Gasteiger partial charge is 0.326 e. The minimum atomic E-state index is -1.17. The molecule has 32 heavy (non-hydrogen) atoms. The number of non-ortho nitro benzene ring substituents is 1. The van der Waals surface area contributed by atoms with Crippen LogP contribution in [0.25, 0.3) is 0 Å². The lowest BCUT2D eigenvalue weighted by molar-refractivity contribution is -0.384. The SMILES string of the molecule is CCCCOc1ccc(C(=O)NCC(=O)OC(C)C(=O)Nc2cccc([N+](=O)[O-])c2)cc1. The first-order chi connectivity index (χ1) is 15.3. The highest BCUT2D eigenvalue weighted by molar-refractivity contribution is 5.97. The molecular formula is C22H25N3O7. The molecule has 0 bridgehead atoms. The zero-order chi connectivity index (χ0) is 23.5. The molecule has 2 rings (SSSR count). The molecule has 0 aliphatic heterocycles. The van der Waals surface area contributed by atoms with Gasteiger partial charge in [-0.1, -0.05) is 19.4 Å². The van der Waals surface area contributed by atoms with Crippen molar-refractivity contribution in [2.24, 2.45) is 0 Å². The Bertz CT molecular complexity index is 960. The maximum atomic E-state index is 12.2. The zero-order valence-electron chi connectivity index (χ0n) is 17.8. The fourth-order valence-electron chi connectivity index (χ4n) is 2.52. The lowest BCUT2D eigenvalue weighted by Gasteiger charge is -2.14. The van der Waals surface area contributed by atoms with Crippen LogP contribution in [0.5, 0.6) is 5.75 Å². The van der Waals surface area contributed by atoms with Crippen LogP contribution in [0.4, 0.5) is 11.4 Å². The number of esters is 1. The Morgan fingerprint density at radius 2 is 1.84 bits per heavy atom. The molecule has 2 N–H and O–H groups in total. The van der Waals surface area contributed by atoms with Crippen LogP contribution in [0, 0.1) is 10.1 Å². The van der Waals surface area contributed by atoms with E-state index in [1.165, 1.54) is 31.2 Å². The van der Waals surface area contributed by atoms with Crippen molar-refractivity contribution >= 4 is 29.2 Å². The lowest BCUT2D eigenvalue weighted by Crippen LogP contribution is -2.35. The van der Waals surface area contributed by atoms with Crippen LogP contribution in [-0.4, -0.2) is 42.0 Å². The fourth-order valence-corrected chi connectivity index (χ4v) is 2.52. The maximum Gasteiger partial charge on any atom is 0.326 e. The molecule has 0 aliphatic carbocycles. The van der Waals surface area contributed by atoms with Gasteiger partial charge < -0.3 is 20.1 Å². The van der Waals surface area contributed by atoms with E-state index in [1.807, 2.05) is 0 Å². The molecular weight excluding hydrogens is 418 g/mol. The zero-order valence-corrected chi connectivity index (χ0v) is 17.8. The summed E-state index contributed by atoms with van der Waals surface area (Å²) in [4.78, 5) is 46.5. The van der Waals surface area contributed by atoms with Crippen molar-refractivity contribution in [2.75, 3.05) is 18.5 Å². The van der Waals surface area contributed by atoms with E-state index < -0.39 is 35.4 Å². The average Bonchev–Trinajstić information content (AvgIpc) is 2.78. The first-order valence-corrected chi connectivity index (χ1v) is 10.1. The van der Waals surface area contributed by atoms with E-state index in [4.69, 9.17) is 9.47 Å². The molecule has 0 saturated carbocycles. The van der Waals surface area contributed by atoms with Gasteiger partial charge in [0.1, 0.15) is 12.3 Å². The van der Waals surface area contributed by atoms with Gasteiger partial charge >= 0.3 is 5.97 Å². The summed E-state index contributed by atoms with van der Waals surface area (Å²) in [5, 5.41) is 15.7. The third-order valence-corrected chi connectivity index (χ3v) is 4.28. The van der Waals surface area contributed by atoms with Crippen molar-refractivity contribution in [3.63, 3.8) is 0 Å². The van der Waals surface area contributed by atoms with Crippen molar-refractivity contribution in [1.29, 1.82) is 0 Å². The highest BCUT2D eigenvalue weighted by Gasteiger charge is 2.19. The predicted octanol–water partition coefficient (Wildman–Crippen LogP) is 3.07. The number of anilines is 1. The second-order valence-electron chi connectivity index (χ2n) is 6.84. The Kier molecular flexibility index (Phi) is 9.15. The highest BCUT2D eigenvalue weighted by Crippen LogP contribution is 2.17. The van der Waals surface area contributed by atoms with E-state index in [2.05, 4.69) is 17.6 Å². The summed E-state index contributed by atoms with van der Waals surface area (Å²) in [6.45, 7) is 3.58. The molecule has 0 fully saturated rings. The molecule has 170 valence electrons. The minimum Gasteiger partial charge on any atom is -0.494 e. The summed E-state index contributed by atoms with van der Waals surface area (Å²) < 4.78 is 10.5. The molecule has 0 heterocycles. The third-order valence-electron chi connectivity index (χ3n) is 4.28. The first-order valence-electron chi connectivity index (χ1n) is 10.1. The second-order valence-corrected chi connectivity index (χ2v) is 6.84. The molecule has 0 aliphatic rings. The second kappa shape index (κ2) is 12.0. The van der Waals surface area contributed by atoms with Crippen molar-refractivity contribution in [2.45, 2.75) is 32.8 Å². The number of unbranched alkanes of at least 4 members (excludes halogenated alkanes) is 1. The van der Waals surface area contributed by atoms with Crippen LogP contribution >= 0.6 is 0 Å². The highest BCUT2D eigenvalue weighted by atomic mass is 16.6. The van der Waals surface area contributed by atoms with E-state index >= 15 is 0 Å². The van der Waals surface area contributed by atoms with Gasteiger partial charge in [0.05, 0.1) is 11.5 Å². The van der Waals surface area contributed by atoms with Gasteiger partial charge in [0.15, 0.2) is 6.10 Å².